The number of fused-ring (bicyclic) bond motifs is 3. The van der Waals surface area contributed by atoms with Crippen LogP contribution >= 0.6 is 11.6 Å². The van der Waals surface area contributed by atoms with E-state index >= 15 is 0 Å². The Hall–Kier alpha value is -0.730. The molecule has 14 heavy (non-hydrogen) atoms. The third-order valence-electron chi connectivity index (χ3n) is 3.45. The molecule has 0 aromatic heterocycles. The molecule has 0 aliphatic carbocycles. The average Bonchev–Trinajstić information content (AvgIpc) is 2.71. The second kappa shape index (κ2) is 2.88. The highest BCUT2D eigenvalue weighted by molar-refractivity contribution is 6.33. The van der Waals surface area contributed by atoms with Crippen LogP contribution < -0.4 is 10.2 Å². The summed E-state index contributed by atoms with van der Waals surface area (Å²) in [6.45, 7) is 2.16. The quantitative estimate of drug-likeness (QED) is 0.700. The first kappa shape index (κ1) is 8.57. The summed E-state index contributed by atoms with van der Waals surface area (Å²) in [5.74, 6) is 0.633. The SMILES string of the molecule is CN1c2c(Cl)cccc2C2CNCC21. The maximum atomic E-state index is 6.21. The van der Waals surface area contributed by atoms with E-state index in [1.54, 1.807) is 0 Å². The standard InChI is InChI=1S/C11H13ClN2/c1-14-10-6-13-5-8(10)7-3-2-4-9(12)11(7)14/h2-4,8,10,13H,5-6H2,1H3. The van der Waals surface area contributed by atoms with Crippen molar-refractivity contribution in [2.24, 2.45) is 0 Å². The molecule has 1 aromatic rings. The van der Waals surface area contributed by atoms with Gasteiger partial charge in [0.25, 0.3) is 0 Å². The van der Waals surface area contributed by atoms with Gasteiger partial charge in [-0.05, 0) is 11.6 Å². The topological polar surface area (TPSA) is 15.3 Å². The normalized spacial score (nSPS) is 29.1. The zero-order chi connectivity index (χ0) is 9.71. The van der Waals surface area contributed by atoms with Gasteiger partial charge in [-0.2, -0.15) is 0 Å². The molecule has 74 valence electrons. The molecular weight excluding hydrogens is 196 g/mol. The lowest BCUT2D eigenvalue weighted by Gasteiger charge is -2.21. The number of rotatable bonds is 0. The van der Waals surface area contributed by atoms with Crippen molar-refractivity contribution in [1.29, 1.82) is 0 Å². The molecule has 1 saturated heterocycles. The van der Waals surface area contributed by atoms with Gasteiger partial charge in [-0.15, -0.1) is 0 Å². The van der Waals surface area contributed by atoms with Gasteiger partial charge >= 0.3 is 0 Å². The summed E-state index contributed by atoms with van der Waals surface area (Å²) >= 11 is 6.21. The van der Waals surface area contributed by atoms with E-state index in [0.29, 0.717) is 12.0 Å². The smallest absolute Gasteiger partial charge is 0.0642 e. The van der Waals surface area contributed by atoms with E-state index in [9.17, 15) is 0 Å². The fourth-order valence-corrected chi connectivity index (χ4v) is 3.07. The molecule has 2 aliphatic rings. The van der Waals surface area contributed by atoms with E-state index in [1.165, 1.54) is 11.3 Å². The predicted molar refractivity (Wildman–Crippen MR) is 59.3 cm³/mol. The molecule has 2 atom stereocenters. The monoisotopic (exact) mass is 208 g/mol. The van der Waals surface area contributed by atoms with Crippen LogP contribution in [0.3, 0.4) is 0 Å². The highest BCUT2D eigenvalue weighted by Crippen LogP contribution is 2.45. The summed E-state index contributed by atoms with van der Waals surface area (Å²) < 4.78 is 0. The average molecular weight is 209 g/mol. The van der Waals surface area contributed by atoms with Crippen LogP contribution in [0.2, 0.25) is 5.02 Å². The van der Waals surface area contributed by atoms with E-state index in [0.717, 1.165) is 18.1 Å². The van der Waals surface area contributed by atoms with E-state index in [2.05, 4.69) is 29.4 Å². The van der Waals surface area contributed by atoms with Crippen molar-refractivity contribution in [2.75, 3.05) is 25.0 Å². The number of anilines is 1. The Balaban J connectivity index is 2.17. The van der Waals surface area contributed by atoms with Gasteiger partial charge in [0.1, 0.15) is 0 Å². The molecule has 3 rings (SSSR count). The number of nitrogens with zero attached hydrogens (tertiary/aromatic N) is 1. The minimum absolute atomic E-state index is 0.602. The van der Waals surface area contributed by atoms with Crippen LogP contribution in [0.1, 0.15) is 11.5 Å². The van der Waals surface area contributed by atoms with Crippen LogP contribution in [0, 0.1) is 0 Å². The van der Waals surface area contributed by atoms with Gasteiger partial charge in [0.05, 0.1) is 10.7 Å². The molecule has 2 unspecified atom stereocenters. The van der Waals surface area contributed by atoms with Crippen LogP contribution in [-0.4, -0.2) is 26.2 Å². The largest absolute Gasteiger partial charge is 0.368 e. The molecule has 1 fully saturated rings. The molecule has 2 nitrogen and oxygen atoms in total. The second-order valence-corrected chi connectivity index (χ2v) is 4.53. The molecule has 2 aliphatic heterocycles. The first-order valence-electron chi connectivity index (χ1n) is 5.01. The van der Waals surface area contributed by atoms with Gasteiger partial charge in [0.15, 0.2) is 0 Å². The lowest BCUT2D eigenvalue weighted by molar-refractivity contribution is 0.663. The maximum absolute atomic E-state index is 6.21. The Morgan fingerprint density at radius 1 is 1.43 bits per heavy atom. The summed E-state index contributed by atoms with van der Waals surface area (Å²) in [6, 6.07) is 6.83. The summed E-state index contributed by atoms with van der Waals surface area (Å²) in [4.78, 5) is 2.32. The van der Waals surface area contributed by atoms with Crippen LogP contribution in [0.4, 0.5) is 5.69 Å². The molecule has 0 bridgehead atoms. The number of hydrogen-bond donors (Lipinski definition) is 1. The van der Waals surface area contributed by atoms with Gasteiger partial charge in [0.2, 0.25) is 0 Å². The Kier molecular flexibility index (Phi) is 1.76. The third-order valence-corrected chi connectivity index (χ3v) is 3.75. The van der Waals surface area contributed by atoms with E-state index < -0.39 is 0 Å². The molecule has 0 saturated carbocycles. The first-order valence-corrected chi connectivity index (χ1v) is 5.39. The minimum atomic E-state index is 0.602. The molecular formula is C11H13ClN2. The van der Waals surface area contributed by atoms with Crippen LogP contribution in [-0.2, 0) is 0 Å². The maximum Gasteiger partial charge on any atom is 0.0642 e. The fourth-order valence-electron chi connectivity index (χ4n) is 2.76. The molecule has 3 heteroatoms. The van der Waals surface area contributed by atoms with Crippen LogP contribution in [0.25, 0.3) is 0 Å². The highest BCUT2D eigenvalue weighted by Gasteiger charge is 2.40. The van der Waals surface area contributed by atoms with Crippen molar-refractivity contribution in [2.45, 2.75) is 12.0 Å². The first-order chi connectivity index (χ1) is 6.79. The Morgan fingerprint density at radius 3 is 3.14 bits per heavy atom. The van der Waals surface area contributed by atoms with Crippen molar-refractivity contribution in [1.82, 2.24) is 5.32 Å². The van der Waals surface area contributed by atoms with Gasteiger partial charge < -0.3 is 10.2 Å². The van der Waals surface area contributed by atoms with Crippen molar-refractivity contribution in [3.05, 3.63) is 28.8 Å². The van der Waals surface area contributed by atoms with Crippen LogP contribution in [0.15, 0.2) is 18.2 Å². The molecule has 1 N–H and O–H groups in total. The summed E-state index contributed by atoms with van der Waals surface area (Å²) in [7, 11) is 2.14. The van der Waals surface area contributed by atoms with Crippen molar-refractivity contribution >= 4 is 17.3 Å². The fraction of sp³-hybridized carbons (Fsp3) is 0.455. The van der Waals surface area contributed by atoms with E-state index in [-0.39, 0.29) is 0 Å². The zero-order valence-electron chi connectivity index (χ0n) is 8.13. The molecule has 0 spiro atoms. The predicted octanol–water partition coefficient (Wildman–Crippen LogP) is 1.85. The summed E-state index contributed by atoms with van der Waals surface area (Å²) in [5.41, 5.74) is 2.65. The number of likely N-dealkylation sites (N-methyl/N-ethyl adjacent to an activating group) is 1. The zero-order valence-corrected chi connectivity index (χ0v) is 8.88. The van der Waals surface area contributed by atoms with Gasteiger partial charge in [-0.1, -0.05) is 23.7 Å². The Morgan fingerprint density at radius 2 is 2.29 bits per heavy atom. The van der Waals surface area contributed by atoms with Crippen LogP contribution in [0.5, 0.6) is 0 Å². The van der Waals surface area contributed by atoms with Crippen molar-refractivity contribution in [3.63, 3.8) is 0 Å². The second-order valence-electron chi connectivity index (χ2n) is 4.12. The molecule has 2 heterocycles. The lowest BCUT2D eigenvalue weighted by atomic mass is 9.98. The summed E-state index contributed by atoms with van der Waals surface area (Å²) in [5, 5.41) is 4.32. The number of para-hydroxylation sites is 1. The molecule has 0 amide bonds. The van der Waals surface area contributed by atoms with Gasteiger partial charge in [-0.25, -0.2) is 0 Å². The Bertz CT molecular complexity index is 378. The van der Waals surface area contributed by atoms with Crippen molar-refractivity contribution < 1.29 is 0 Å². The number of nitrogens with one attached hydrogen (secondary N) is 1. The minimum Gasteiger partial charge on any atom is -0.368 e. The third kappa shape index (κ3) is 0.956. The van der Waals surface area contributed by atoms with Gasteiger partial charge in [0, 0.05) is 32.1 Å². The van der Waals surface area contributed by atoms with E-state index in [4.69, 9.17) is 11.6 Å². The molecule has 0 radical (unpaired) electrons. The number of halogens is 1. The van der Waals surface area contributed by atoms with Gasteiger partial charge in [-0.3, -0.25) is 0 Å². The lowest BCUT2D eigenvalue weighted by Crippen LogP contribution is -2.31. The van der Waals surface area contributed by atoms with E-state index in [1.807, 2.05) is 6.07 Å². The highest BCUT2D eigenvalue weighted by atomic mass is 35.5. The summed E-state index contributed by atoms with van der Waals surface area (Å²) in [6.07, 6.45) is 0. The molecule has 1 aromatic carbocycles. The van der Waals surface area contributed by atoms with Crippen molar-refractivity contribution in [3.8, 4) is 0 Å². The number of benzene rings is 1. The number of hydrogen-bond acceptors (Lipinski definition) is 2. The Labute approximate surface area is 88.9 Å².